The van der Waals surface area contributed by atoms with Crippen LogP contribution in [0.4, 0.5) is 0 Å². The van der Waals surface area contributed by atoms with Gasteiger partial charge < -0.3 is 20.5 Å². The van der Waals surface area contributed by atoms with Gasteiger partial charge in [0.25, 0.3) is 0 Å². The summed E-state index contributed by atoms with van der Waals surface area (Å²) in [6.07, 6.45) is -0.301. The van der Waals surface area contributed by atoms with Gasteiger partial charge in [-0.05, 0) is 14.0 Å². The molecule has 0 heterocycles. The summed E-state index contributed by atoms with van der Waals surface area (Å²) in [6, 6.07) is 0.0266. The Hall–Kier alpha value is -0.160. The van der Waals surface area contributed by atoms with E-state index in [1.54, 1.807) is 14.0 Å². The lowest BCUT2D eigenvalue weighted by Crippen LogP contribution is -2.40. The average Bonchev–Trinajstić information content (AvgIpc) is 1.84. The average molecular weight is 176 g/mol. The second-order valence-corrected chi connectivity index (χ2v) is 3.29. The molecule has 0 aliphatic heterocycles. The minimum atomic E-state index is -0.301. The highest BCUT2D eigenvalue weighted by Gasteiger charge is 2.07. The van der Waals surface area contributed by atoms with Crippen LogP contribution in [0.5, 0.6) is 0 Å². The van der Waals surface area contributed by atoms with Crippen LogP contribution in [-0.4, -0.2) is 56.0 Å². The molecule has 0 saturated heterocycles. The molecule has 0 amide bonds. The van der Waals surface area contributed by atoms with Crippen LogP contribution in [0.2, 0.25) is 0 Å². The smallest absolute Gasteiger partial charge is 0.0638 e. The van der Waals surface area contributed by atoms with E-state index in [0.29, 0.717) is 13.2 Å². The zero-order chi connectivity index (χ0) is 9.56. The number of aliphatic hydroxyl groups is 1. The molecule has 0 aliphatic carbocycles. The third-order valence-electron chi connectivity index (χ3n) is 1.50. The van der Waals surface area contributed by atoms with Crippen LogP contribution in [0.3, 0.4) is 0 Å². The molecule has 0 saturated carbocycles. The zero-order valence-electron chi connectivity index (χ0n) is 8.16. The molecule has 0 bridgehead atoms. The van der Waals surface area contributed by atoms with Crippen molar-refractivity contribution < 1.29 is 9.84 Å². The van der Waals surface area contributed by atoms with Crippen molar-refractivity contribution in [3.8, 4) is 0 Å². The zero-order valence-corrected chi connectivity index (χ0v) is 8.16. The maximum Gasteiger partial charge on any atom is 0.0638 e. The minimum absolute atomic E-state index is 0.0266. The van der Waals surface area contributed by atoms with E-state index >= 15 is 0 Å². The fraction of sp³-hybridized carbons (Fsp3) is 1.00. The van der Waals surface area contributed by atoms with Gasteiger partial charge in [-0.25, -0.2) is 0 Å². The quantitative estimate of drug-likeness (QED) is 0.560. The first kappa shape index (κ1) is 11.8. The van der Waals surface area contributed by atoms with Gasteiger partial charge in [0.05, 0.1) is 12.7 Å². The SMILES string of the molecule is COCC(N)CN(C)CC(C)O. The van der Waals surface area contributed by atoms with E-state index in [4.69, 9.17) is 15.6 Å². The standard InChI is InChI=1S/C8H20N2O2/c1-7(11)4-10(2)5-8(9)6-12-3/h7-8,11H,4-6,9H2,1-3H3. The van der Waals surface area contributed by atoms with E-state index in [1.165, 1.54) is 0 Å². The van der Waals surface area contributed by atoms with Crippen molar-refractivity contribution in [3.05, 3.63) is 0 Å². The van der Waals surface area contributed by atoms with Crippen molar-refractivity contribution >= 4 is 0 Å². The van der Waals surface area contributed by atoms with Crippen LogP contribution in [0.25, 0.3) is 0 Å². The molecule has 0 aromatic heterocycles. The van der Waals surface area contributed by atoms with Gasteiger partial charge in [0, 0.05) is 26.2 Å². The molecule has 2 unspecified atom stereocenters. The van der Waals surface area contributed by atoms with Crippen molar-refractivity contribution in [2.45, 2.75) is 19.1 Å². The summed E-state index contributed by atoms with van der Waals surface area (Å²) in [4.78, 5) is 1.99. The summed E-state index contributed by atoms with van der Waals surface area (Å²) >= 11 is 0. The Morgan fingerprint density at radius 1 is 1.50 bits per heavy atom. The van der Waals surface area contributed by atoms with Crippen molar-refractivity contribution in [3.63, 3.8) is 0 Å². The maximum atomic E-state index is 9.05. The van der Waals surface area contributed by atoms with Gasteiger partial charge in [-0.15, -0.1) is 0 Å². The summed E-state index contributed by atoms with van der Waals surface area (Å²) in [5, 5.41) is 9.05. The first-order valence-electron chi connectivity index (χ1n) is 4.17. The number of nitrogens with two attached hydrogens (primary N) is 1. The van der Waals surface area contributed by atoms with Crippen LogP contribution in [0.15, 0.2) is 0 Å². The number of methoxy groups -OCH3 is 1. The molecule has 74 valence electrons. The van der Waals surface area contributed by atoms with Crippen LogP contribution in [0.1, 0.15) is 6.92 Å². The Labute approximate surface area is 74.3 Å². The highest BCUT2D eigenvalue weighted by molar-refractivity contribution is 4.66. The molecule has 4 heteroatoms. The topological polar surface area (TPSA) is 58.7 Å². The predicted octanol–water partition coefficient (Wildman–Crippen LogP) is -0.727. The van der Waals surface area contributed by atoms with Crippen molar-refractivity contribution in [2.24, 2.45) is 5.73 Å². The summed E-state index contributed by atoms with van der Waals surface area (Å²) in [5.74, 6) is 0. The van der Waals surface area contributed by atoms with Crippen LogP contribution in [0, 0.1) is 0 Å². The molecular formula is C8H20N2O2. The third-order valence-corrected chi connectivity index (χ3v) is 1.50. The fourth-order valence-electron chi connectivity index (χ4n) is 1.19. The Balaban J connectivity index is 3.46. The molecule has 4 nitrogen and oxygen atoms in total. The molecule has 0 aromatic rings. The van der Waals surface area contributed by atoms with Gasteiger partial charge in [0.2, 0.25) is 0 Å². The molecule has 0 aliphatic rings. The van der Waals surface area contributed by atoms with E-state index in [1.807, 2.05) is 11.9 Å². The Morgan fingerprint density at radius 2 is 2.08 bits per heavy atom. The summed E-state index contributed by atoms with van der Waals surface area (Å²) in [7, 11) is 3.57. The number of likely N-dealkylation sites (N-methyl/N-ethyl adjacent to an activating group) is 1. The predicted molar refractivity (Wildman–Crippen MR) is 49.0 cm³/mol. The van der Waals surface area contributed by atoms with Gasteiger partial charge in [-0.1, -0.05) is 0 Å². The Bertz CT molecular complexity index is 109. The van der Waals surface area contributed by atoms with Crippen LogP contribution >= 0.6 is 0 Å². The lowest BCUT2D eigenvalue weighted by Gasteiger charge is -2.21. The van der Waals surface area contributed by atoms with Crippen LogP contribution < -0.4 is 5.73 Å². The molecule has 12 heavy (non-hydrogen) atoms. The Kier molecular flexibility index (Phi) is 6.28. The molecule has 2 atom stereocenters. The van der Waals surface area contributed by atoms with E-state index < -0.39 is 0 Å². The molecule has 0 rings (SSSR count). The second-order valence-electron chi connectivity index (χ2n) is 3.29. The monoisotopic (exact) mass is 176 g/mol. The minimum Gasteiger partial charge on any atom is -0.392 e. The molecule has 0 aromatic carbocycles. The van der Waals surface area contributed by atoms with Crippen molar-refractivity contribution in [1.29, 1.82) is 0 Å². The lowest BCUT2D eigenvalue weighted by molar-refractivity contribution is 0.121. The molecule has 0 fully saturated rings. The van der Waals surface area contributed by atoms with Gasteiger partial charge in [0.15, 0.2) is 0 Å². The fourth-order valence-corrected chi connectivity index (χ4v) is 1.19. The molecule has 0 spiro atoms. The van der Waals surface area contributed by atoms with Gasteiger partial charge in [-0.3, -0.25) is 0 Å². The van der Waals surface area contributed by atoms with E-state index in [2.05, 4.69) is 0 Å². The van der Waals surface area contributed by atoms with Crippen molar-refractivity contribution in [1.82, 2.24) is 4.90 Å². The summed E-state index contributed by atoms with van der Waals surface area (Å²) in [5.41, 5.74) is 5.71. The first-order valence-corrected chi connectivity index (χ1v) is 4.17. The maximum absolute atomic E-state index is 9.05. The summed E-state index contributed by atoms with van der Waals surface area (Å²) in [6.45, 7) is 3.72. The van der Waals surface area contributed by atoms with E-state index in [-0.39, 0.29) is 12.1 Å². The van der Waals surface area contributed by atoms with Gasteiger partial charge in [-0.2, -0.15) is 0 Å². The number of hydrogen-bond donors (Lipinski definition) is 2. The van der Waals surface area contributed by atoms with Gasteiger partial charge >= 0.3 is 0 Å². The van der Waals surface area contributed by atoms with E-state index in [0.717, 1.165) is 6.54 Å². The molecular weight excluding hydrogens is 156 g/mol. The first-order chi connectivity index (χ1) is 5.56. The lowest BCUT2D eigenvalue weighted by atomic mass is 10.3. The number of hydrogen-bond acceptors (Lipinski definition) is 4. The van der Waals surface area contributed by atoms with Gasteiger partial charge in [0.1, 0.15) is 0 Å². The number of rotatable bonds is 6. The molecule has 0 radical (unpaired) electrons. The largest absolute Gasteiger partial charge is 0.392 e. The highest BCUT2D eigenvalue weighted by atomic mass is 16.5. The number of aliphatic hydroxyl groups excluding tert-OH is 1. The molecule has 3 N–H and O–H groups in total. The normalized spacial score (nSPS) is 16.5. The van der Waals surface area contributed by atoms with Crippen molar-refractivity contribution in [2.75, 3.05) is 33.9 Å². The number of ether oxygens (including phenoxy) is 1. The van der Waals surface area contributed by atoms with E-state index in [9.17, 15) is 0 Å². The number of nitrogens with zero attached hydrogens (tertiary/aromatic N) is 1. The Morgan fingerprint density at radius 3 is 2.50 bits per heavy atom. The van der Waals surface area contributed by atoms with Crippen LogP contribution in [-0.2, 0) is 4.74 Å². The second kappa shape index (κ2) is 6.37. The highest BCUT2D eigenvalue weighted by Crippen LogP contribution is 1.90. The summed E-state index contributed by atoms with van der Waals surface area (Å²) < 4.78 is 4.90. The third kappa shape index (κ3) is 6.54.